The van der Waals surface area contributed by atoms with Crippen LogP contribution in [0.15, 0.2) is 20.7 Å². The summed E-state index contributed by atoms with van der Waals surface area (Å²) in [6.07, 6.45) is 23.0. The zero-order valence-corrected chi connectivity index (χ0v) is 15.1. The van der Waals surface area contributed by atoms with Gasteiger partial charge < -0.3 is 0 Å². The monoisotopic (exact) mass is 321 g/mol. The second kappa shape index (κ2) is 16.1. The van der Waals surface area contributed by atoms with Crippen LogP contribution in [0.2, 0.25) is 0 Å². The zero-order chi connectivity index (χ0) is 16.4. The fourth-order valence-electron chi connectivity index (χ4n) is 3.11. The molecule has 0 N–H and O–H groups in total. The van der Waals surface area contributed by atoms with E-state index in [4.69, 9.17) is 0 Å². The number of hydrogen-bond donors (Lipinski definition) is 0. The highest BCUT2D eigenvalue weighted by atomic mass is 15.6. The topological polar surface area (TPSA) is 49.4 Å². The molecule has 23 heavy (non-hydrogen) atoms. The van der Waals surface area contributed by atoms with E-state index in [2.05, 4.69) is 27.6 Å². The molecule has 1 heterocycles. The number of nitrogens with zero attached hydrogens (tertiary/aromatic N) is 4. The van der Waals surface area contributed by atoms with Gasteiger partial charge >= 0.3 is 0 Å². The molecule has 1 rings (SSSR count). The molecule has 0 aliphatic carbocycles. The van der Waals surface area contributed by atoms with Gasteiger partial charge in [-0.15, -0.1) is 10.2 Å². The molecule has 0 saturated carbocycles. The predicted molar refractivity (Wildman–Crippen MR) is 97.3 cm³/mol. The fourth-order valence-corrected chi connectivity index (χ4v) is 3.11. The Morgan fingerprint density at radius 2 is 0.826 bits per heavy atom. The van der Waals surface area contributed by atoms with Gasteiger partial charge in [-0.1, -0.05) is 103 Å². The van der Waals surface area contributed by atoms with E-state index < -0.39 is 0 Å². The fraction of sp³-hybridized carbons (Fsp3) is 0.947. The Kier molecular flexibility index (Phi) is 14.1. The van der Waals surface area contributed by atoms with Gasteiger partial charge in [-0.3, -0.25) is 0 Å². The molecule has 0 aromatic carbocycles. The molecule has 1 aliphatic rings. The van der Waals surface area contributed by atoms with E-state index in [0.29, 0.717) is 0 Å². The molecule has 133 valence electrons. The minimum atomic E-state index is 0.0265. The number of hydrogen-bond acceptors (Lipinski definition) is 4. The summed E-state index contributed by atoms with van der Waals surface area (Å²) in [4.78, 5) is 0. The SMILES string of the molecule is [CH2]CCCCCCCCCCCCCCCCCC1N=NN=N1. The molecule has 0 spiro atoms. The normalized spacial score (nSPS) is 14.1. The van der Waals surface area contributed by atoms with Crippen LogP contribution in [-0.4, -0.2) is 6.17 Å². The first-order valence-electron chi connectivity index (χ1n) is 10.0. The lowest BCUT2D eigenvalue weighted by atomic mass is 10.0. The molecule has 1 radical (unpaired) electrons. The number of rotatable bonds is 17. The van der Waals surface area contributed by atoms with Gasteiger partial charge in [0.15, 0.2) is 6.17 Å². The van der Waals surface area contributed by atoms with Crippen LogP contribution in [0.4, 0.5) is 0 Å². The molecule has 0 amide bonds. The summed E-state index contributed by atoms with van der Waals surface area (Å²) in [5, 5.41) is 14.9. The summed E-state index contributed by atoms with van der Waals surface area (Å²) in [7, 11) is 0. The third kappa shape index (κ3) is 13.3. The van der Waals surface area contributed by atoms with Crippen LogP contribution >= 0.6 is 0 Å². The van der Waals surface area contributed by atoms with Crippen molar-refractivity contribution in [1.82, 2.24) is 0 Å². The highest BCUT2D eigenvalue weighted by Gasteiger charge is 2.07. The molecule has 0 aromatic rings. The summed E-state index contributed by atoms with van der Waals surface area (Å²) in [5.41, 5.74) is 0. The summed E-state index contributed by atoms with van der Waals surface area (Å²) < 4.78 is 0. The van der Waals surface area contributed by atoms with E-state index in [1.165, 1.54) is 96.3 Å². The van der Waals surface area contributed by atoms with Crippen LogP contribution in [0.5, 0.6) is 0 Å². The molecule has 4 nitrogen and oxygen atoms in total. The Bertz CT molecular complexity index is 290. The number of unbranched alkanes of at least 4 members (excludes halogenated alkanes) is 15. The summed E-state index contributed by atoms with van der Waals surface area (Å²) in [5.74, 6) is 0. The maximum atomic E-state index is 3.93. The molecule has 0 aromatic heterocycles. The van der Waals surface area contributed by atoms with Crippen molar-refractivity contribution in [3.8, 4) is 0 Å². The first kappa shape index (κ1) is 20.2. The summed E-state index contributed by atoms with van der Waals surface area (Å²) in [6.45, 7) is 3.89. The molecule has 4 heteroatoms. The summed E-state index contributed by atoms with van der Waals surface area (Å²) >= 11 is 0. The van der Waals surface area contributed by atoms with Crippen LogP contribution in [0.1, 0.15) is 109 Å². The molecule has 0 saturated heterocycles. The third-order valence-electron chi connectivity index (χ3n) is 4.62. The van der Waals surface area contributed by atoms with Gasteiger partial charge in [-0.2, -0.15) is 0 Å². The standard InChI is InChI=1S/C19H37N4/c1-2-3-4-5-6-7-8-9-10-11-12-13-14-15-16-17-18-19-20-22-23-21-19/h19H,1-18H2. The molecule has 0 bridgehead atoms. The minimum absolute atomic E-state index is 0.0265. The van der Waals surface area contributed by atoms with Gasteiger partial charge in [0.05, 0.1) is 0 Å². The first-order chi connectivity index (χ1) is 11.4. The lowest BCUT2D eigenvalue weighted by molar-refractivity contribution is 0.517. The molecule has 0 atom stereocenters. The van der Waals surface area contributed by atoms with Crippen LogP contribution in [-0.2, 0) is 0 Å². The average molecular weight is 322 g/mol. The lowest BCUT2D eigenvalue weighted by Gasteiger charge is -2.04. The van der Waals surface area contributed by atoms with Crippen molar-refractivity contribution in [2.75, 3.05) is 0 Å². The Morgan fingerprint density at radius 1 is 0.478 bits per heavy atom. The Hall–Kier alpha value is -0.800. The first-order valence-corrected chi connectivity index (χ1v) is 10.0. The third-order valence-corrected chi connectivity index (χ3v) is 4.62. The van der Waals surface area contributed by atoms with E-state index in [1.54, 1.807) is 0 Å². The Balaban J connectivity index is 1.65. The quantitative estimate of drug-likeness (QED) is 0.247. The van der Waals surface area contributed by atoms with Crippen LogP contribution in [0.3, 0.4) is 0 Å². The van der Waals surface area contributed by atoms with Crippen LogP contribution in [0.25, 0.3) is 0 Å². The van der Waals surface area contributed by atoms with Crippen LogP contribution in [0, 0.1) is 6.92 Å². The van der Waals surface area contributed by atoms with Crippen molar-refractivity contribution >= 4 is 0 Å². The van der Waals surface area contributed by atoms with Gasteiger partial charge in [0, 0.05) is 0 Å². The molecule has 0 unspecified atom stereocenters. The second-order valence-corrected chi connectivity index (χ2v) is 6.84. The molecular weight excluding hydrogens is 284 g/mol. The summed E-state index contributed by atoms with van der Waals surface area (Å²) in [6, 6.07) is 0. The van der Waals surface area contributed by atoms with E-state index in [-0.39, 0.29) is 6.17 Å². The van der Waals surface area contributed by atoms with Crippen molar-refractivity contribution in [2.45, 2.75) is 115 Å². The van der Waals surface area contributed by atoms with Gasteiger partial charge in [0.25, 0.3) is 0 Å². The molecule has 0 fully saturated rings. The Labute approximate surface area is 143 Å². The van der Waals surface area contributed by atoms with Gasteiger partial charge in [-0.25, -0.2) is 0 Å². The van der Waals surface area contributed by atoms with E-state index in [9.17, 15) is 0 Å². The highest BCUT2D eigenvalue weighted by Crippen LogP contribution is 2.16. The van der Waals surface area contributed by atoms with Crippen LogP contribution < -0.4 is 0 Å². The van der Waals surface area contributed by atoms with E-state index in [0.717, 1.165) is 12.8 Å². The smallest absolute Gasteiger partial charge is 0.138 e. The largest absolute Gasteiger partial charge is 0.185 e. The molecular formula is C19H37N4. The maximum absolute atomic E-state index is 3.93. The second-order valence-electron chi connectivity index (χ2n) is 6.84. The van der Waals surface area contributed by atoms with Gasteiger partial charge in [-0.05, 0) is 23.3 Å². The van der Waals surface area contributed by atoms with Crippen molar-refractivity contribution in [3.05, 3.63) is 6.92 Å². The predicted octanol–water partition coefficient (Wildman–Crippen LogP) is 7.61. The van der Waals surface area contributed by atoms with E-state index >= 15 is 0 Å². The lowest BCUT2D eigenvalue weighted by Crippen LogP contribution is -1.95. The van der Waals surface area contributed by atoms with Crippen molar-refractivity contribution in [3.63, 3.8) is 0 Å². The Morgan fingerprint density at radius 3 is 1.22 bits per heavy atom. The van der Waals surface area contributed by atoms with Crippen molar-refractivity contribution in [1.29, 1.82) is 0 Å². The van der Waals surface area contributed by atoms with Crippen molar-refractivity contribution < 1.29 is 0 Å². The minimum Gasteiger partial charge on any atom is -0.138 e. The average Bonchev–Trinajstić information content (AvgIpc) is 3.08. The molecule has 1 aliphatic heterocycles. The highest BCUT2D eigenvalue weighted by molar-refractivity contribution is 4.61. The van der Waals surface area contributed by atoms with Gasteiger partial charge in [0.1, 0.15) is 0 Å². The van der Waals surface area contributed by atoms with Crippen molar-refractivity contribution in [2.24, 2.45) is 20.7 Å². The maximum Gasteiger partial charge on any atom is 0.185 e. The van der Waals surface area contributed by atoms with Gasteiger partial charge in [0.2, 0.25) is 0 Å². The van der Waals surface area contributed by atoms with E-state index in [1.807, 2.05) is 0 Å². The zero-order valence-electron chi connectivity index (χ0n) is 15.1.